The Hall–Kier alpha value is -3.17. The van der Waals surface area contributed by atoms with Gasteiger partial charge < -0.3 is 0 Å². The molecule has 0 N–H and O–H groups in total. The van der Waals surface area contributed by atoms with Crippen molar-refractivity contribution in [1.29, 1.82) is 0 Å². The lowest BCUT2D eigenvalue weighted by Gasteiger charge is -2.10. The molecule has 0 fully saturated rings. The van der Waals surface area contributed by atoms with Crippen molar-refractivity contribution in [2.75, 3.05) is 0 Å². The van der Waals surface area contributed by atoms with Gasteiger partial charge in [-0.2, -0.15) is 31.4 Å². The van der Waals surface area contributed by atoms with Gasteiger partial charge >= 0.3 is 12.4 Å². The predicted octanol–water partition coefficient (Wildman–Crippen LogP) is 6.19. The van der Waals surface area contributed by atoms with Gasteiger partial charge in [-0.1, -0.05) is 18.2 Å². The summed E-state index contributed by atoms with van der Waals surface area (Å²) in [6, 6.07) is 10.8. The molecule has 0 radical (unpaired) electrons. The summed E-state index contributed by atoms with van der Waals surface area (Å²) in [6.45, 7) is 1.55. The SMILES string of the molecule is CC(=Nc1ccc(-n2nc(C(F)(F)F)cc2C(F)(F)F)cc1)c1ccccc1F. The zero-order valence-corrected chi connectivity index (χ0v) is 14.7. The van der Waals surface area contributed by atoms with Gasteiger partial charge in [0.1, 0.15) is 11.5 Å². The number of halogens is 7. The first-order valence-electron chi connectivity index (χ1n) is 8.12. The summed E-state index contributed by atoms with van der Waals surface area (Å²) in [6.07, 6.45) is -10.1. The van der Waals surface area contributed by atoms with Crippen molar-refractivity contribution in [2.24, 2.45) is 4.99 Å². The summed E-state index contributed by atoms with van der Waals surface area (Å²) < 4.78 is 91.7. The highest BCUT2D eigenvalue weighted by Gasteiger charge is 2.42. The number of alkyl halides is 6. The highest BCUT2D eigenvalue weighted by molar-refractivity contribution is 6.00. The van der Waals surface area contributed by atoms with Gasteiger partial charge in [-0.25, -0.2) is 9.07 Å². The van der Waals surface area contributed by atoms with Crippen LogP contribution >= 0.6 is 0 Å². The van der Waals surface area contributed by atoms with Gasteiger partial charge in [0, 0.05) is 17.3 Å². The molecule has 0 saturated heterocycles. The molecule has 3 nitrogen and oxygen atoms in total. The minimum atomic E-state index is -5.03. The van der Waals surface area contributed by atoms with Crippen LogP contribution in [-0.2, 0) is 12.4 Å². The zero-order chi connectivity index (χ0) is 21.4. The van der Waals surface area contributed by atoms with Crippen molar-refractivity contribution in [3.8, 4) is 5.69 Å². The van der Waals surface area contributed by atoms with Gasteiger partial charge in [0.2, 0.25) is 0 Å². The topological polar surface area (TPSA) is 30.2 Å². The first-order chi connectivity index (χ1) is 13.5. The van der Waals surface area contributed by atoms with E-state index in [0.717, 1.165) is 12.1 Å². The molecular weight excluding hydrogens is 403 g/mol. The van der Waals surface area contributed by atoms with Gasteiger partial charge in [0.25, 0.3) is 0 Å². The van der Waals surface area contributed by atoms with Gasteiger partial charge in [-0.3, -0.25) is 4.99 Å². The van der Waals surface area contributed by atoms with Crippen LogP contribution in [-0.4, -0.2) is 15.5 Å². The number of aromatic nitrogens is 2. The third-order valence-corrected chi connectivity index (χ3v) is 3.94. The Morgan fingerprint density at radius 3 is 2.07 bits per heavy atom. The molecule has 0 atom stereocenters. The van der Waals surface area contributed by atoms with E-state index in [-0.39, 0.29) is 27.7 Å². The lowest BCUT2D eigenvalue weighted by molar-refractivity contribution is -0.143. The van der Waals surface area contributed by atoms with E-state index < -0.39 is 29.6 Å². The fraction of sp³-hybridized carbons (Fsp3) is 0.158. The fourth-order valence-corrected chi connectivity index (χ4v) is 2.60. The van der Waals surface area contributed by atoms with Crippen molar-refractivity contribution < 1.29 is 30.7 Å². The second-order valence-electron chi connectivity index (χ2n) is 6.02. The molecule has 0 aliphatic heterocycles. The summed E-state index contributed by atoms with van der Waals surface area (Å²) in [5, 5.41) is 3.05. The molecule has 1 heterocycles. The fourth-order valence-electron chi connectivity index (χ4n) is 2.60. The van der Waals surface area contributed by atoms with Crippen molar-refractivity contribution in [3.63, 3.8) is 0 Å². The minimum absolute atomic E-state index is 0.0472. The van der Waals surface area contributed by atoms with Crippen molar-refractivity contribution >= 4 is 11.4 Å². The van der Waals surface area contributed by atoms with Crippen LogP contribution in [0.25, 0.3) is 5.69 Å². The maximum atomic E-state index is 13.8. The molecule has 0 aliphatic rings. The lowest BCUT2D eigenvalue weighted by atomic mass is 10.1. The number of aliphatic imine (C=N–C) groups is 1. The molecule has 1 aromatic heterocycles. The highest BCUT2D eigenvalue weighted by Crippen LogP contribution is 2.36. The van der Waals surface area contributed by atoms with E-state index in [9.17, 15) is 30.7 Å². The normalized spacial score (nSPS) is 13.0. The van der Waals surface area contributed by atoms with E-state index in [0.29, 0.717) is 5.71 Å². The quantitative estimate of drug-likeness (QED) is 0.371. The summed E-state index contributed by atoms with van der Waals surface area (Å²) >= 11 is 0. The molecular formula is C19H12F7N3. The molecule has 3 aromatic rings. The first-order valence-corrected chi connectivity index (χ1v) is 8.12. The molecule has 0 spiro atoms. The van der Waals surface area contributed by atoms with E-state index in [1.165, 1.54) is 30.3 Å². The molecule has 0 saturated carbocycles. The van der Waals surface area contributed by atoms with Crippen LogP contribution in [0.1, 0.15) is 23.9 Å². The van der Waals surface area contributed by atoms with E-state index >= 15 is 0 Å². The van der Waals surface area contributed by atoms with E-state index in [4.69, 9.17) is 0 Å². The van der Waals surface area contributed by atoms with Crippen LogP contribution in [0.5, 0.6) is 0 Å². The monoisotopic (exact) mass is 415 g/mol. The van der Waals surface area contributed by atoms with Crippen LogP contribution in [0.4, 0.5) is 36.4 Å². The number of hydrogen-bond acceptors (Lipinski definition) is 2. The minimum Gasteiger partial charge on any atom is -0.253 e. The molecule has 0 amide bonds. The Morgan fingerprint density at radius 2 is 1.52 bits per heavy atom. The third-order valence-electron chi connectivity index (χ3n) is 3.94. The Balaban J connectivity index is 1.98. The predicted molar refractivity (Wildman–Crippen MR) is 91.8 cm³/mol. The Kier molecular flexibility index (Phi) is 5.20. The number of hydrogen-bond donors (Lipinski definition) is 0. The lowest BCUT2D eigenvalue weighted by Crippen LogP contribution is -2.13. The average molecular weight is 415 g/mol. The van der Waals surface area contributed by atoms with Crippen LogP contribution in [0, 0.1) is 5.82 Å². The molecule has 10 heteroatoms. The van der Waals surface area contributed by atoms with Crippen LogP contribution < -0.4 is 0 Å². The number of benzene rings is 2. The maximum absolute atomic E-state index is 13.8. The van der Waals surface area contributed by atoms with Crippen molar-refractivity contribution in [3.05, 3.63) is 77.4 Å². The van der Waals surface area contributed by atoms with Gasteiger partial charge in [-0.15, -0.1) is 0 Å². The second-order valence-corrected chi connectivity index (χ2v) is 6.02. The van der Waals surface area contributed by atoms with Gasteiger partial charge in [0.15, 0.2) is 5.69 Å². The maximum Gasteiger partial charge on any atom is 0.435 e. The Labute approximate surface area is 160 Å². The standard InChI is InChI=1S/C19H12F7N3/c1-11(14-4-2-3-5-15(14)20)27-12-6-8-13(9-7-12)29-17(19(24,25)26)10-16(28-29)18(21,22)23/h2-10H,1H3. The van der Waals surface area contributed by atoms with Crippen LogP contribution in [0.15, 0.2) is 59.6 Å². The summed E-state index contributed by atoms with van der Waals surface area (Å²) in [7, 11) is 0. The molecule has 3 rings (SSSR count). The smallest absolute Gasteiger partial charge is 0.253 e. The van der Waals surface area contributed by atoms with Crippen molar-refractivity contribution in [1.82, 2.24) is 9.78 Å². The first kappa shape index (κ1) is 20.6. The average Bonchev–Trinajstić information content (AvgIpc) is 3.09. The van der Waals surface area contributed by atoms with Gasteiger partial charge in [0.05, 0.1) is 11.4 Å². The molecule has 0 bridgehead atoms. The molecule has 152 valence electrons. The van der Waals surface area contributed by atoms with Gasteiger partial charge in [-0.05, 0) is 37.3 Å². The van der Waals surface area contributed by atoms with E-state index in [1.807, 2.05) is 0 Å². The summed E-state index contributed by atoms with van der Waals surface area (Å²) in [5.41, 5.74) is -2.57. The van der Waals surface area contributed by atoms with E-state index in [2.05, 4.69) is 10.1 Å². The third kappa shape index (κ3) is 4.47. The Morgan fingerprint density at radius 1 is 0.897 bits per heavy atom. The molecule has 2 aromatic carbocycles. The molecule has 0 aliphatic carbocycles. The summed E-state index contributed by atoms with van der Waals surface area (Å²) in [4.78, 5) is 4.19. The largest absolute Gasteiger partial charge is 0.435 e. The highest BCUT2D eigenvalue weighted by atomic mass is 19.4. The Bertz CT molecular complexity index is 1040. The number of rotatable bonds is 3. The molecule has 0 unspecified atom stereocenters. The van der Waals surface area contributed by atoms with Crippen LogP contribution in [0.2, 0.25) is 0 Å². The number of nitrogens with zero attached hydrogens (tertiary/aromatic N) is 3. The second kappa shape index (κ2) is 7.34. The van der Waals surface area contributed by atoms with Crippen LogP contribution in [0.3, 0.4) is 0 Å². The van der Waals surface area contributed by atoms with E-state index in [1.54, 1.807) is 13.0 Å². The zero-order valence-electron chi connectivity index (χ0n) is 14.7. The van der Waals surface area contributed by atoms with Crippen molar-refractivity contribution in [2.45, 2.75) is 19.3 Å². The summed E-state index contributed by atoms with van der Waals surface area (Å²) in [5.74, 6) is -0.489. The molecule has 29 heavy (non-hydrogen) atoms.